The normalized spacial score (nSPS) is 15.9. The van der Waals surface area contributed by atoms with Crippen molar-refractivity contribution >= 4 is 0 Å². The molecule has 0 aliphatic heterocycles. The molecule has 0 fully saturated rings. The van der Waals surface area contributed by atoms with Gasteiger partial charge >= 0.3 is 0 Å². The molecular formula is C13H25N3O. The smallest absolute Gasteiger partial charge is 0.110 e. The number of hydrogen-bond donors (Lipinski definition) is 1. The second-order valence-corrected chi connectivity index (χ2v) is 5.56. The van der Waals surface area contributed by atoms with Gasteiger partial charge in [0.25, 0.3) is 0 Å². The molecule has 4 nitrogen and oxygen atoms in total. The maximum Gasteiger partial charge on any atom is 0.110 e. The van der Waals surface area contributed by atoms with Gasteiger partial charge in [0.15, 0.2) is 0 Å². The number of hydrogen-bond acceptors (Lipinski definition) is 3. The standard InChI is InChI=1S/C13H25N3O/c1-6-17-12(13(2,3)4)10(14)9-11-15-7-8-16(11)5/h7-8,10,12H,6,9,14H2,1-5H3. The lowest BCUT2D eigenvalue weighted by Gasteiger charge is -2.34. The lowest BCUT2D eigenvalue weighted by Crippen LogP contribution is -2.47. The van der Waals surface area contributed by atoms with Crippen LogP contribution in [0.5, 0.6) is 0 Å². The Morgan fingerprint density at radius 1 is 1.47 bits per heavy atom. The summed E-state index contributed by atoms with van der Waals surface area (Å²) in [4.78, 5) is 4.31. The molecule has 1 rings (SSSR count). The first kappa shape index (κ1) is 14.2. The number of nitrogens with two attached hydrogens (primary N) is 1. The molecule has 98 valence electrons. The average Bonchev–Trinajstić information content (AvgIpc) is 2.59. The van der Waals surface area contributed by atoms with Crippen LogP contribution in [-0.4, -0.2) is 28.3 Å². The topological polar surface area (TPSA) is 53.1 Å². The Hall–Kier alpha value is -0.870. The molecule has 2 atom stereocenters. The van der Waals surface area contributed by atoms with Gasteiger partial charge in [0, 0.05) is 38.5 Å². The third kappa shape index (κ3) is 3.82. The highest BCUT2D eigenvalue weighted by atomic mass is 16.5. The van der Waals surface area contributed by atoms with Crippen LogP contribution < -0.4 is 5.73 Å². The van der Waals surface area contributed by atoms with Gasteiger partial charge in [0.05, 0.1) is 6.10 Å². The van der Waals surface area contributed by atoms with Crippen LogP contribution in [0, 0.1) is 5.41 Å². The number of ether oxygens (including phenoxy) is 1. The van der Waals surface area contributed by atoms with E-state index in [4.69, 9.17) is 10.5 Å². The van der Waals surface area contributed by atoms with Gasteiger partial charge in [0.1, 0.15) is 5.82 Å². The van der Waals surface area contributed by atoms with E-state index in [1.54, 1.807) is 6.20 Å². The maximum atomic E-state index is 6.27. The number of nitrogens with zero attached hydrogens (tertiary/aromatic N) is 2. The van der Waals surface area contributed by atoms with Crippen LogP contribution in [0.1, 0.15) is 33.5 Å². The average molecular weight is 239 g/mol. The zero-order chi connectivity index (χ0) is 13.1. The first-order valence-corrected chi connectivity index (χ1v) is 6.19. The fourth-order valence-electron chi connectivity index (χ4n) is 2.11. The fourth-order valence-corrected chi connectivity index (χ4v) is 2.11. The van der Waals surface area contributed by atoms with Crippen molar-refractivity contribution in [3.8, 4) is 0 Å². The molecule has 4 heteroatoms. The zero-order valence-electron chi connectivity index (χ0n) is 11.6. The number of imidazole rings is 1. The minimum atomic E-state index is -0.0314. The van der Waals surface area contributed by atoms with Crippen LogP contribution in [0.2, 0.25) is 0 Å². The van der Waals surface area contributed by atoms with Crippen LogP contribution in [0.25, 0.3) is 0 Å². The molecule has 0 aromatic carbocycles. The Bertz CT molecular complexity index is 341. The Kier molecular flexibility index (Phi) is 4.71. The molecule has 0 saturated carbocycles. The van der Waals surface area contributed by atoms with E-state index < -0.39 is 0 Å². The summed E-state index contributed by atoms with van der Waals surface area (Å²) in [5.41, 5.74) is 6.31. The first-order valence-electron chi connectivity index (χ1n) is 6.19. The Morgan fingerprint density at radius 2 is 2.12 bits per heavy atom. The quantitative estimate of drug-likeness (QED) is 0.851. The van der Waals surface area contributed by atoms with Crippen molar-refractivity contribution in [1.82, 2.24) is 9.55 Å². The Balaban J connectivity index is 2.72. The summed E-state index contributed by atoms with van der Waals surface area (Å²) in [6, 6.07) is -0.0314. The van der Waals surface area contributed by atoms with Crippen molar-refractivity contribution in [1.29, 1.82) is 0 Å². The molecule has 2 N–H and O–H groups in total. The third-order valence-electron chi connectivity index (χ3n) is 2.93. The molecule has 0 radical (unpaired) electrons. The number of rotatable bonds is 5. The lowest BCUT2D eigenvalue weighted by molar-refractivity contribution is -0.0278. The summed E-state index contributed by atoms with van der Waals surface area (Å²) in [6.45, 7) is 9.17. The molecule has 0 amide bonds. The lowest BCUT2D eigenvalue weighted by atomic mass is 9.83. The Labute approximate surface area is 104 Å². The summed E-state index contributed by atoms with van der Waals surface area (Å²) >= 11 is 0. The molecular weight excluding hydrogens is 214 g/mol. The molecule has 17 heavy (non-hydrogen) atoms. The molecule has 0 spiro atoms. The molecule has 1 aromatic rings. The zero-order valence-corrected chi connectivity index (χ0v) is 11.6. The van der Waals surface area contributed by atoms with Gasteiger partial charge in [0.2, 0.25) is 0 Å². The number of aromatic nitrogens is 2. The van der Waals surface area contributed by atoms with Crippen molar-refractivity contribution < 1.29 is 4.74 Å². The van der Waals surface area contributed by atoms with Gasteiger partial charge in [-0.15, -0.1) is 0 Å². The predicted octanol–water partition coefficient (Wildman–Crippen LogP) is 1.74. The van der Waals surface area contributed by atoms with E-state index in [2.05, 4.69) is 25.8 Å². The van der Waals surface area contributed by atoms with E-state index in [9.17, 15) is 0 Å². The highest BCUT2D eigenvalue weighted by Crippen LogP contribution is 2.25. The van der Waals surface area contributed by atoms with Crippen LogP contribution in [0.15, 0.2) is 12.4 Å². The second kappa shape index (κ2) is 5.65. The van der Waals surface area contributed by atoms with E-state index in [1.165, 1.54) is 0 Å². The van der Waals surface area contributed by atoms with Crippen LogP contribution >= 0.6 is 0 Å². The van der Waals surface area contributed by atoms with Gasteiger partial charge < -0.3 is 15.0 Å². The highest BCUT2D eigenvalue weighted by Gasteiger charge is 2.31. The van der Waals surface area contributed by atoms with Gasteiger partial charge in [-0.05, 0) is 12.3 Å². The fraction of sp³-hybridized carbons (Fsp3) is 0.769. The summed E-state index contributed by atoms with van der Waals surface area (Å²) in [5.74, 6) is 1.01. The summed E-state index contributed by atoms with van der Waals surface area (Å²) in [6.07, 6.45) is 4.53. The van der Waals surface area contributed by atoms with Crippen molar-refractivity contribution in [2.24, 2.45) is 18.2 Å². The first-order chi connectivity index (χ1) is 7.86. The molecule has 2 unspecified atom stereocenters. The third-order valence-corrected chi connectivity index (χ3v) is 2.93. The van der Waals surface area contributed by atoms with E-state index in [1.807, 2.05) is 24.7 Å². The summed E-state index contributed by atoms with van der Waals surface area (Å²) in [5, 5.41) is 0. The Morgan fingerprint density at radius 3 is 2.53 bits per heavy atom. The minimum Gasteiger partial charge on any atom is -0.376 e. The minimum absolute atomic E-state index is 0.0314. The molecule has 0 aliphatic rings. The van der Waals surface area contributed by atoms with E-state index >= 15 is 0 Å². The van der Waals surface area contributed by atoms with E-state index in [0.29, 0.717) is 6.61 Å². The van der Waals surface area contributed by atoms with E-state index in [0.717, 1.165) is 12.2 Å². The van der Waals surface area contributed by atoms with Gasteiger partial charge in [-0.25, -0.2) is 4.98 Å². The van der Waals surface area contributed by atoms with Crippen molar-refractivity contribution in [3.05, 3.63) is 18.2 Å². The van der Waals surface area contributed by atoms with Crippen molar-refractivity contribution in [3.63, 3.8) is 0 Å². The second-order valence-electron chi connectivity index (χ2n) is 5.56. The molecule has 0 bridgehead atoms. The summed E-state index contributed by atoms with van der Waals surface area (Å²) in [7, 11) is 1.99. The van der Waals surface area contributed by atoms with Crippen LogP contribution in [0.3, 0.4) is 0 Å². The summed E-state index contributed by atoms with van der Waals surface area (Å²) < 4.78 is 7.80. The van der Waals surface area contributed by atoms with Crippen LogP contribution in [-0.2, 0) is 18.2 Å². The molecule has 0 saturated heterocycles. The van der Waals surface area contributed by atoms with Gasteiger partial charge in [-0.2, -0.15) is 0 Å². The molecule has 1 aromatic heterocycles. The molecule has 1 heterocycles. The molecule has 0 aliphatic carbocycles. The number of aryl methyl sites for hydroxylation is 1. The van der Waals surface area contributed by atoms with E-state index in [-0.39, 0.29) is 17.6 Å². The SMILES string of the molecule is CCOC(C(N)Cc1nccn1C)C(C)(C)C. The predicted molar refractivity (Wildman–Crippen MR) is 69.8 cm³/mol. The monoisotopic (exact) mass is 239 g/mol. The van der Waals surface area contributed by atoms with Crippen molar-refractivity contribution in [2.75, 3.05) is 6.61 Å². The van der Waals surface area contributed by atoms with Gasteiger partial charge in [-0.1, -0.05) is 20.8 Å². The largest absolute Gasteiger partial charge is 0.376 e. The maximum absolute atomic E-state index is 6.27. The highest BCUT2D eigenvalue weighted by molar-refractivity contribution is 4.97. The van der Waals surface area contributed by atoms with Crippen LogP contribution in [0.4, 0.5) is 0 Å². The van der Waals surface area contributed by atoms with Gasteiger partial charge in [-0.3, -0.25) is 0 Å². The van der Waals surface area contributed by atoms with Crippen molar-refractivity contribution in [2.45, 2.75) is 46.3 Å².